The number of ether oxygens (including phenoxy) is 1. The molecule has 0 aliphatic heterocycles. The number of halogens is 1. The molecule has 0 aliphatic rings. The number of hydrogen-bond acceptors (Lipinski definition) is 3. The van der Waals surface area contributed by atoms with Crippen LogP contribution in [0.4, 0.5) is 4.39 Å². The Morgan fingerprint density at radius 3 is 2.47 bits per heavy atom. The Bertz CT molecular complexity index is 346. The number of carbonyl (C=O) groups is 1. The zero-order valence-electron chi connectivity index (χ0n) is 8.79. The van der Waals surface area contributed by atoms with Crippen molar-refractivity contribution in [3.8, 4) is 0 Å². The molecule has 0 fully saturated rings. The largest absolute Gasteiger partial charge is 0.469 e. The molecule has 0 heterocycles. The van der Waals surface area contributed by atoms with Crippen molar-refractivity contribution in [1.29, 1.82) is 0 Å². The molecule has 0 radical (unpaired) electrons. The fraction of sp³-hybridized carbons (Fsp3) is 0.364. The number of nitrogens with two attached hydrogens (primary N) is 1. The highest BCUT2D eigenvalue weighted by Crippen LogP contribution is 2.22. The van der Waals surface area contributed by atoms with Gasteiger partial charge in [-0.25, -0.2) is 4.39 Å². The summed E-state index contributed by atoms with van der Waals surface area (Å²) in [5.41, 5.74) is 5.81. The van der Waals surface area contributed by atoms with Crippen molar-refractivity contribution in [2.45, 2.75) is 18.9 Å². The second-order valence-electron chi connectivity index (χ2n) is 3.68. The SMILES string of the molecule is COC(=O)C[C@](C)(N)c1ccc(F)cc1. The van der Waals surface area contributed by atoms with E-state index < -0.39 is 5.54 Å². The van der Waals surface area contributed by atoms with Gasteiger partial charge in [0.1, 0.15) is 5.82 Å². The number of methoxy groups -OCH3 is 1. The Morgan fingerprint density at radius 1 is 1.47 bits per heavy atom. The summed E-state index contributed by atoms with van der Waals surface area (Å²) in [7, 11) is 1.31. The van der Waals surface area contributed by atoms with E-state index in [1.807, 2.05) is 0 Å². The first-order valence-corrected chi connectivity index (χ1v) is 4.57. The molecule has 0 bridgehead atoms. The Hall–Kier alpha value is -1.42. The van der Waals surface area contributed by atoms with E-state index in [0.717, 1.165) is 0 Å². The minimum Gasteiger partial charge on any atom is -0.469 e. The van der Waals surface area contributed by atoms with Crippen LogP contribution in [0.3, 0.4) is 0 Å². The van der Waals surface area contributed by atoms with Crippen LogP contribution in [0.1, 0.15) is 18.9 Å². The lowest BCUT2D eigenvalue weighted by Gasteiger charge is -2.23. The van der Waals surface area contributed by atoms with Gasteiger partial charge in [-0.3, -0.25) is 4.79 Å². The molecule has 1 aromatic carbocycles. The molecule has 0 spiro atoms. The van der Waals surface area contributed by atoms with Crippen LogP contribution in [-0.4, -0.2) is 13.1 Å². The molecular formula is C11H14FNO2. The van der Waals surface area contributed by atoms with Crippen molar-refractivity contribution >= 4 is 5.97 Å². The lowest BCUT2D eigenvalue weighted by atomic mass is 9.90. The standard InChI is InChI=1S/C11H14FNO2/c1-11(13,7-10(14)15-2)8-3-5-9(12)6-4-8/h3-6H,7,13H2,1-2H3/t11-/m0/s1. The number of rotatable bonds is 3. The van der Waals surface area contributed by atoms with Gasteiger partial charge in [0.15, 0.2) is 0 Å². The Morgan fingerprint density at radius 2 is 2.00 bits per heavy atom. The smallest absolute Gasteiger partial charge is 0.307 e. The van der Waals surface area contributed by atoms with Crippen LogP contribution < -0.4 is 5.73 Å². The second kappa shape index (κ2) is 4.40. The third-order valence-electron chi connectivity index (χ3n) is 2.24. The molecule has 0 aromatic heterocycles. The normalized spacial score (nSPS) is 14.4. The molecule has 1 rings (SSSR count). The van der Waals surface area contributed by atoms with E-state index in [4.69, 9.17) is 5.73 Å². The topological polar surface area (TPSA) is 52.3 Å². The van der Waals surface area contributed by atoms with Gasteiger partial charge in [-0.2, -0.15) is 0 Å². The van der Waals surface area contributed by atoms with Gasteiger partial charge in [-0.15, -0.1) is 0 Å². The van der Waals surface area contributed by atoms with Gasteiger partial charge in [0.2, 0.25) is 0 Å². The summed E-state index contributed by atoms with van der Waals surface area (Å²) in [6, 6.07) is 5.77. The van der Waals surface area contributed by atoms with Crippen LogP contribution in [0.2, 0.25) is 0 Å². The molecule has 0 saturated heterocycles. The van der Waals surface area contributed by atoms with Gasteiger partial charge in [0, 0.05) is 5.54 Å². The van der Waals surface area contributed by atoms with Crippen LogP contribution in [0, 0.1) is 5.82 Å². The average Bonchev–Trinajstić information content (AvgIpc) is 2.17. The zero-order valence-corrected chi connectivity index (χ0v) is 8.79. The van der Waals surface area contributed by atoms with E-state index >= 15 is 0 Å². The Labute approximate surface area is 88.0 Å². The summed E-state index contributed by atoms with van der Waals surface area (Å²) < 4.78 is 17.2. The summed E-state index contributed by atoms with van der Waals surface area (Å²) in [6.45, 7) is 1.71. The van der Waals surface area contributed by atoms with Crippen molar-refractivity contribution in [3.63, 3.8) is 0 Å². The van der Waals surface area contributed by atoms with Gasteiger partial charge in [-0.1, -0.05) is 12.1 Å². The Balaban J connectivity index is 2.85. The predicted molar refractivity (Wildman–Crippen MR) is 54.6 cm³/mol. The molecule has 3 nitrogen and oxygen atoms in total. The van der Waals surface area contributed by atoms with Gasteiger partial charge in [-0.05, 0) is 24.6 Å². The number of esters is 1. The number of carbonyl (C=O) groups excluding carboxylic acids is 1. The van der Waals surface area contributed by atoms with Crippen LogP contribution >= 0.6 is 0 Å². The minimum atomic E-state index is -0.833. The van der Waals surface area contributed by atoms with E-state index in [1.165, 1.54) is 19.2 Å². The van der Waals surface area contributed by atoms with Crippen molar-refractivity contribution in [3.05, 3.63) is 35.6 Å². The molecule has 2 N–H and O–H groups in total. The maximum atomic E-state index is 12.7. The first kappa shape index (κ1) is 11.7. The average molecular weight is 211 g/mol. The molecular weight excluding hydrogens is 197 g/mol. The summed E-state index contributed by atoms with van der Waals surface area (Å²) in [5.74, 6) is -0.711. The van der Waals surface area contributed by atoms with Crippen LogP contribution in [0.25, 0.3) is 0 Å². The van der Waals surface area contributed by atoms with Gasteiger partial charge < -0.3 is 10.5 Å². The maximum absolute atomic E-state index is 12.7. The summed E-state index contributed by atoms with van der Waals surface area (Å²) in [6.07, 6.45) is 0.0646. The third-order valence-corrected chi connectivity index (χ3v) is 2.24. The maximum Gasteiger partial charge on any atom is 0.307 e. The summed E-state index contributed by atoms with van der Waals surface area (Å²) >= 11 is 0. The summed E-state index contributed by atoms with van der Waals surface area (Å²) in [4.78, 5) is 11.1. The number of benzene rings is 1. The molecule has 0 unspecified atom stereocenters. The monoisotopic (exact) mass is 211 g/mol. The lowest BCUT2D eigenvalue weighted by molar-refractivity contribution is -0.141. The van der Waals surface area contributed by atoms with Crippen molar-refractivity contribution < 1.29 is 13.9 Å². The van der Waals surface area contributed by atoms with Gasteiger partial charge in [0.25, 0.3) is 0 Å². The second-order valence-corrected chi connectivity index (χ2v) is 3.68. The summed E-state index contributed by atoms with van der Waals surface area (Å²) in [5, 5.41) is 0. The molecule has 0 saturated carbocycles. The Kier molecular flexibility index (Phi) is 3.42. The molecule has 82 valence electrons. The highest BCUT2D eigenvalue weighted by atomic mass is 19.1. The molecule has 4 heteroatoms. The van der Waals surface area contributed by atoms with Crippen LogP contribution in [0.15, 0.2) is 24.3 Å². The minimum absolute atomic E-state index is 0.0646. The highest BCUT2D eigenvalue weighted by molar-refractivity contribution is 5.71. The fourth-order valence-electron chi connectivity index (χ4n) is 1.30. The van der Waals surface area contributed by atoms with Crippen LogP contribution in [0.5, 0.6) is 0 Å². The van der Waals surface area contributed by atoms with E-state index in [1.54, 1.807) is 19.1 Å². The van der Waals surface area contributed by atoms with E-state index in [9.17, 15) is 9.18 Å². The molecule has 1 aromatic rings. The molecule has 0 amide bonds. The first-order chi connectivity index (χ1) is 6.95. The third kappa shape index (κ3) is 3.02. The van der Waals surface area contributed by atoms with E-state index in [-0.39, 0.29) is 18.2 Å². The molecule has 15 heavy (non-hydrogen) atoms. The van der Waals surface area contributed by atoms with Crippen LogP contribution in [-0.2, 0) is 15.1 Å². The van der Waals surface area contributed by atoms with E-state index in [2.05, 4.69) is 4.74 Å². The van der Waals surface area contributed by atoms with E-state index in [0.29, 0.717) is 5.56 Å². The predicted octanol–water partition coefficient (Wildman–Crippen LogP) is 1.56. The van der Waals surface area contributed by atoms with Gasteiger partial charge >= 0.3 is 5.97 Å². The van der Waals surface area contributed by atoms with Crippen molar-refractivity contribution in [1.82, 2.24) is 0 Å². The highest BCUT2D eigenvalue weighted by Gasteiger charge is 2.25. The van der Waals surface area contributed by atoms with Crippen molar-refractivity contribution in [2.75, 3.05) is 7.11 Å². The fourth-order valence-corrected chi connectivity index (χ4v) is 1.30. The molecule has 1 atom stereocenters. The number of hydrogen-bond donors (Lipinski definition) is 1. The zero-order chi connectivity index (χ0) is 11.5. The van der Waals surface area contributed by atoms with Crippen molar-refractivity contribution in [2.24, 2.45) is 5.73 Å². The first-order valence-electron chi connectivity index (χ1n) is 4.57. The molecule has 0 aliphatic carbocycles. The quantitative estimate of drug-likeness (QED) is 0.772. The lowest BCUT2D eigenvalue weighted by Crippen LogP contribution is -2.35. The van der Waals surface area contributed by atoms with Gasteiger partial charge in [0.05, 0.1) is 13.5 Å².